The largest absolute Gasteiger partial charge is 0.368 e. The summed E-state index contributed by atoms with van der Waals surface area (Å²) in [6, 6.07) is 0.293. The van der Waals surface area contributed by atoms with Crippen molar-refractivity contribution in [3.05, 3.63) is 6.33 Å². The van der Waals surface area contributed by atoms with Crippen LogP contribution in [0.15, 0.2) is 11.4 Å². The van der Waals surface area contributed by atoms with Crippen molar-refractivity contribution in [2.75, 3.05) is 10.7 Å². The van der Waals surface area contributed by atoms with E-state index in [0.717, 1.165) is 6.42 Å². The van der Waals surface area contributed by atoms with Gasteiger partial charge in [0.25, 0.3) is 5.95 Å². The fourth-order valence-electron chi connectivity index (χ4n) is 1.16. The first-order valence-corrected chi connectivity index (χ1v) is 4.03. The van der Waals surface area contributed by atoms with Crippen molar-refractivity contribution >= 4 is 18.1 Å². The molecule has 0 spiro atoms. The molecule has 1 aromatic rings. The number of nitrogen functional groups attached to an aromatic ring is 1. The minimum Gasteiger partial charge on any atom is -0.368 e. The Labute approximate surface area is 75.5 Å². The fourth-order valence-corrected chi connectivity index (χ4v) is 1.16. The topological polar surface area (TPSA) is 80.3 Å². The molecular weight excluding hydrogens is 168 g/mol. The summed E-state index contributed by atoms with van der Waals surface area (Å²) in [5.74, 6) is 0.730. The van der Waals surface area contributed by atoms with E-state index in [1.165, 1.54) is 6.33 Å². The second kappa shape index (κ2) is 2.96. The summed E-state index contributed by atoms with van der Waals surface area (Å²) >= 11 is 0. The van der Waals surface area contributed by atoms with Crippen LogP contribution in [0, 0.1) is 0 Å². The third-order valence-electron chi connectivity index (χ3n) is 1.85. The second-order valence-corrected chi connectivity index (χ2v) is 2.87. The van der Waals surface area contributed by atoms with Gasteiger partial charge in [0.2, 0.25) is 5.95 Å². The Hall–Kier alpha value is -1.72. The first-order chi connectivity index (χ1) is 6.27. The molecule has 2 N–H and O–H groups in total. The van der Waals surface area contributed by atoms with E-state index in [1.807, 2.05) is 13.1 Å². The summed E-state index contributed by atoms with van der Waals surface area (Å²) in [5.41, 5.74) is 5.43. The highest BCUT2D eigenvalue weighted by Crippen LogP contribution is 2.16. The Morgan fingerprint density at radius 3 is 3.00 bits per heavy atom. The SMILES string of the molecule is CC1CC=NN1c1ncnc(N)n1. The minimum absolute atomic E-state index is 0.222. The van der Waals surface area contributed by atoms with Crippen molar-refractivity contribution < 1.29 is 0 Å². The van der Waals surface area contributed by atoms with Gasteiger partial charge in [-0.2, -0.15) is 15.1 Å². The van der Waals surface area contributed by atoms with Crippen LogP contribution in [0.2, 0.25) is 0 Å². The van der Waals surface area contributed by atoms with Gasteiger partial charge in [0.15, 0.2) is 0 Å². The summed E-state index contributed by atoms with van der Waals surface area (Å²) < 4.78 is 0. The average Bonchev–Trinajstić information content (AvgIpc) is 2.51. The molecule has 0 aromatic carbocycles. The summed E-state index contributed by atoms with van der Waals surface area (Å²) in [7, 11) is 0. The molecule has 1 aromatic heterocycles. The number of rotatable bonds is 1. The Kier molecular flexibility index (Phi) is 1.80. The molecule has 0 fully saturated rings. The van der Waals surface area contributed by atoms with Crippen molar-refractivity contribution in [2.24, 2.45) is 5.10 Å². The van der Waals surface area contributed by atoms with Gasteiger partial charge in [-0.3, -0.25) is 0 Å². The zero-order valence-electron chi connectivity index (χ0n) is 7.25. The van der Waals surface area contributed by atoms with Crippen molar-refractivity contribution in [1.29, 1.82) is 0 Å². The van der Waals surface area contributed by atoms with Gasteiger partial charge in [-0.1, -0.05) is 0 Å². The summed E-state index contributed by atoms with van der Waals surface area (Å²) in [6.45, 7) is 2.05. The van der Waals surface area contributed by atoms with E-state index in [9.17, 15) is 0 Å². The average molecular weight is 178 g/mol. The van der Waals surface area contributed by atoms with Crippen molar-refractivity contribution in [3.63, 3.8) is 0 Å². The van der Waals surface area contributed by atoms with E-state index < -0.39 is 0 Å². The molecule has 1 unspecified atom stereocenters. The van der Waals surface area contributed by atoms with Crippen LogP contribution in [0.5, 0.6) is 0 Å². The minimum atomic E-state index is 0.222. The van der Waals surface area contributed by atoms with Crippen molar-refractivity contribution in [3.8, 4) is 0 Å². The van der Waals surface area contributed by atoms with E-state index in [1.54, 1.807) is 5.01 Å². The van der Waals surface area contributed by atoms with Crippen molar-refractivity contribution in [1.82, 2.24) is 15.0 Å². The van der Waals surface area contributed by atoms with Crippen molar-refractivity contribution in [2.45, 2.75) is 19.4 Å². The first kappa shape index (κ1) is 7.90. The highest BCUT2D eigenvalue weighted by Gasteiger charge is 2.19. The summed E-state index contributed by atoms with van der Waals surface area (Å²) in [5, 5.41) is 5.86. The van der Waals surface area contributed by atoms with Crippen LogP contribution in [-0.2, 0) is 0 Å². The van der Waals surface area contributed by atoms with Crippen LogP contribution in [0.4, 0.5) is 11.9 Å². The van der Waals surface area contributed by atoms with Gasteiger partial charge in [-0.25, -0.2) is 9.99 Å². The number of hydrogen-bond acceptors (Lipinski definition) is 6. The monoisotopic (exact) mass is 178 g/mol. The van der Waals surface area contributed by atoms with Gasteiger partial charge >= 0.3 is 0 Å². The Bertz CT molecular complexity index is 336. The maximum atomic E-state index is 5.43. The molecule has 0 radical (unpaired) electrons. The van der Waals surface area contributed by atoms with Gasteiger partial charge in [-0.15, -0.1) is 0 Å². The maximum absolute atomic E-state index is 5.43. The second-order valence-electron chi connectivity index (χ2n) is 2.87. The van der Waals surface area contributed by atoms with Gasteiger partial charge < -0.3 is 5.73 Å². The number of hydrazone groups is 1. The molecule has 0 bridgehead atoms. The predicted molar refractivity (Wildman–Crippen MR) is 49.3 cm³/mol. The highest BCUT2D eigenvalue weighted by atomic mass is 15.5. The highest BCUT2D eigenvalue weighted by molar-refractivity contribution is 5.64. The van der Waals surface area contributed by atoms with Gasteiger partial charge in [0.1, 0.15) is 6.33 Å². The number of hydrogen-bond donors (Lipinski definition) is 1. The van der Waals surface area contributed by atoms with Gasteiger partial charge in [0, 0.05) is 12.6 Å². The van der Waals surface area contributed by atoms with E-state index in [-0.39, 0.29) is 5.95 Å². The first-order valence-electron chi connectivity index (χ1n) is 4.03. The Balaban J connectivity index is 2.29. The molecule has 2 rings (SSSR count). The zero-order chi connectivity index (χ0) is 9.26. The Morgan fingerprint density at radius 2 is 2.38 bits per heavy atom. The third-order valence-corrected chi connectivity index (χ3v) is 1.85. The maximum Gasteiger partial charge on any atom is 0.251 e. The molecule has 0 saturated heterocycles. The fraction of sp³-hybridized carbons (Fsp3) is 0.429. The molecule has 0 saturated carbocycles. The number of anilines is 2. The van der Waals surface area contributed by atoms with E-state index >= 15 is 0 Å². The van der Waals surface area contributed by atoms with Crippen LogP contribution in [0.1, 0.15) is 13.3 Å². The molecule has 1 aliphatic rings. The third kappa shape index (κ3) is 1.42. The van der Waals surface area contributed by atoms with Crippen LogP contribution in [-0.4, -0.2) is 27.2 Å². The zero-order valence-corrected chi connectivity index (χ0v) is 7.25. The molecule has 6 heteroatoms. The lowest BCUT2D eigenvalue weighted by Crippen LogP contribution is -2.25. The molecule has 68 valence electrons. The standard InChI is InChI=1S/C7H10N6/c1-5-2-3-11-13(5)7-10-4-9-6(8)12-7/h3-5H,2H2,1H3,(H2,8,9,10,12). The number of nitrogens with two attached hydrogens (primary N) is 1. The smallest absolute Gasteiger partial charge is 0.251 e. The summed E-state index contributed by atoms with van der Waals surface area (Å²) in [6.07, 6.45) is 4.13. The molecule has 1 atom stereocenters. The van der Waals surface area contributed by atoms with Crippen LogP contribution in [0.3, 0.4) is 0 Å². The molecule has 0 amide bonds. The van der Waals surface area contributed by atoms with Gasteiger partial charge in [-0.05, 0) is 6.92 Å². The molecule has 1 aliphatic heterocycles. The number of aromatic nitrogens is 3. The lowest BCUT2D eigenvalue weighted by molar-refractivity contribution is 0.699. The quantitative estimate of drug-likeness (QED) is 0.656. The lowest BCUT2D eigenvalue weighted by Gasteiger charge is -2.16. The van der Waals surface area contributed by atoms with E-state index in [0.29, 0.717) is 12.0 Å². The van der Waals surface area contributed by atoms with E-state index in [4.69, 9.17) is 5.73 Å². The van der Waals surface area contributed by atoms with Crippen LogP contribution < -0.4 is 10.7 Å². The molecule has 13 heavy (non-hydrogen) atoms. The Morgan fingerprint density at radius 1 is 1.54 bits per heavy atom. The predicted octanol–water partition coefficient (Wildman–Crippen LogP) is 0.0382. The molecule has 6 nitrogen and oxygen atoms in total. The van der Waals surface area contributed by atoms with E-state index in [2.05, 4.69) is 20.1 Å². The van der Waals surface area contributed by atoms with Crippen LogP contribution >= 0.6 is 0 Å². The lowest BCUT2D eigenvalue weighted by atomic mass is 10.3. The molecule has 2 heterocycles. The summed E-state index contributed by atoms with van der Waals surface area (Å²) in [4.78, 5) is 11.7. The normalized spacial score (nSPS) is 21.0. The number of nitrogens with zero attached hydrogens (tertiary/aromatic N) is 5. The molecule has 0 aliphatic carbocycles. The van der Waals surface area contributed by atoms with Crippen LogP contribution in [0.25, 0.3) is 0 Å². The molecular formula is C7H10N6. The van der Waals surface area contributed by atoms with Gasteiger partial charge in [0.05, 0.1) is 6.04 Å².